The van der Waals surface area contributed by atoms with Gasteiger partial charge in [-0.1, -0.05) is 43.9 Å². The number of para-hydroxylation sites is 1. The molecule has 5 rings (SSSR count). The van der Waals surface area contributed by atoms with E-state index >= 15 is 0 Å². The summed E-state index contributed by atoms with van der Waals surface area (Å²) >= 11 is 0. The van der Waals surface area contributed by atoms with Crippen LogP contribution in [0.5, 0.6) is 11.5 Å². The Labute approximate surface area is 206 Å². The van der Waals surface area contributed by atoms with Crippen molar-refractivity contribution >= 4 is 28.4 Å². The number of fused-ring (bicyclic) bond motifs is 3. The van der Waals surface area contributed by atoms with Crippen molar-refractivity contribution < 1.29 is 19.1 Å². The van der Waals surface area contributed by atoms with Gasteiger partial charge in [0.1, 0.15) is 22.7 Å². The van der Waals surface area contributed by atoms with Gasteiger partial charge in [-0.2, -0.15) is 0 Å². The fourth-order valence-corrected chi connectivity index (χ4v) is 5.54. The van der Waals surface area contributed by atoms with Crippen molar-refractivity contribution in [3.63, 3.8) is 0 Å². The van der Waals surface area contributed by atoms with Crippen LogP contribution in [0.15, 0.2) is 48.5 Å². The zero-order chi connectivity index (χ0) is 24.6. The molecule has 0 spiro atoms. The Morgan fingerprint density at radius 3 is 2.29 bits per heavy atom. The quantitative estimate of drug-likeness (QED) is 0.532. The van der Waals surface area contributed by atoms with E-state index in [2.05, 4.69) is 5.32 Å². The van der Waals surface area contributed by atoms with E-state index in [0.29, 0.717) is 29.4 Å². The van der Waals surface area contributed by atoms with Gasteiger partial charge in [0.2, 0.25) is 5.91 Å². The molecule has 2 amide bonds. The molecule has 1 aromatic heterocycles. The number of carbonyl (C=O) groups excluding carboxylic acids is 2. The van der Waals surface area contributed by atoms with Gasteiger partial charge in [0.25, 0.3) is 5.91 Å². The smallest absolute Gasteiger partial charge is 0.275 e. The van der Waals surface area contributed by atoms with Gasteiger partial charge >= 0.3 is 0 Å². The molecule has 1 aliphatic heterocycles. The normalized spacial score (nSPS) is 20.9. The largest absolute Gasteiger partial charge is 0.497 e. The first-order valence-electron chi connectivity index (χ1n) is 12.4. The van der Waals surface area contributed by atoms with Crippen molar-refractivity contribution in [3.8, 4) is 11.5 Å². The molecule has 0 radical (unpaired) electrons. The summed E-state index contributed by atoms with van der Waals surface area (Å²) in [5.41, 5.74) is 0.941. The lowest BCUT2D eigenvalue weighted by molar-refractivity contribution is -0.127. The molecule has 7 heteroatoms. The van der Waals surface area contributed by atoms with Gasteiger partial charge in [0, 0.05) is 35.1 Å². The van der Waals surface area contributed by atoms with Crippen molar-refractivity contribution in [3.05, 3.63) is 54.2 Å². The third kappa shape index (κ3) is 4.13. The first-order chi connectivity index (χ1) is 16.9. The zero-order valence-corrected chi connectivity index (χ0v) is 20.7. The minimum Gasteiger partial charge on any atom is -0.497 e. The minimum atomic E-state index is -1.14. The van der Waals surface area contributed by atoms with Gasteiger partial charge < -0.3 is 19.4 Å². The summed E-state index contributed by atoms with van der Waals surface area (Å²) in [4.78, 5) is 29.7. The summed E-state index contributed by atoms with van der Waals surface area (Å²) < 4.78 is 12.9. The topological polar surface area (TPSA) is 72.8 Å². The van der Waals surface area contributed by atoms with Crippen molar-refractivity contribution in [1.82, 2.24) is 9.88 Å². The van der Waals surface area contributed by atoms with Gasteiger partial charge in [0.15, 0.2) is 0 Å². The molecule has 1 fully saturated rings. The van der Waals surface area contributed by atoms with Gasteiger partial charge in [-0.3, -0.25) is 14.5 Å². The Kier molecular flexibility index (Phi) is 6.17. The molecular weight excluding hydrogens is 442 g/mol. The van der Waals surface area contributed by atoms with Crippen molar-refractivity contribution in [1.29, 1.82) is 0 Å². The van der Waals surface area contributed by atoms with Crippen LogP contribution < -0.4 is 19.7 Å². The predicted molar refractivity (Wildman–Crippen MR) is 136 cm³/mol. The molecule has 0 unspecified atom stereocenters. The summed E-state index contributed by atoms with van der Waals surface area (Å²) in [6.45, 7) is 2.21. The molecular formula is C28H33N3O4. The second-order valence-corrected chi connectivity index (χ2v) is 9.82. The van der Waals surface area contributed by atoms with Crippen molar-refractivity contribution in [2.45, 2.75) is 63.6 Å². The van der Waals surface area contributed by atoms with Crippen LogP contribution in [-0.2, 0) is 11.3 Å². The summed E-state index contributed by atoms with van der Waals surface area (Å²) in [6, 6.07) is 15.3. The Morgan fingerprint density at radius 1 is 0.971 bits per heavy atom. The Bertz CT molecular complexity index is 1240. The number of amides is 2. The number of carbonyl (C=O) groups is 2. The van der Waals surface area contributed by atoms with E-state index in [1.54, 1.807) is 37.3 Å². The maximum Gasteiger partial charge on any atom is 0.275 e. The zero-order valence-electron chi connectivity index (χ0n) is 20.7. The fourth-order valence-electron chi connectivity index (χ4n) is 5.54. The number of ether oxygens (including phenoxy) is 2. The summed E-state index contributed by atoms with van der Waals surface area (Å²) in [5.74, 6) is 0.763. The van der Waals surface area contributed by atoms with E-state index in [0.717, 1.165) is 36.6 Å². The maximum atomic E-state index is 14.1. The van der Waals surface area contributed by atoms with E-state index in [4.69, 9.17) is 9.47 Å². The highest BCUT2D eigenvalue weighted by molar-refractivity contribution is 6.14. The van der Waals surface area contributed by atoms with E-state index in [-0.39, 0.29) is 17.9 Å². The highest BCUT2D eigenvalue weighted by Crippen LogP contribution is 2.39. The SMILES string of the molecule is COc1cc(OC)cc(N2C(=O)c3cc4ccccc4n3C[C@]2(C)C(=O)NC2CCCCCC2)c1. The summed E-state index contributed by atoms with van der Waals surface area (Å²) in [6.07, 6.45) is 6.58. The Balaban J connectivity index is 1.63. The molecule has 1 aliphatic carbocycles. The average Bonchev–Trinajstić information content (AvgIpc) is 3.04. The lowest BCUT2D eigenvalue weighted by atomic mass is 9.92. The number of methoxy groups -OCH3 is 2. The lowest BCUT2D eigenvalue weighted by Gasteiger charge is -2.44. The van der Waals surface area contributed by atoms with Gasteiger partial charge in [-0.25, -0.2) is 0 Å². The maximum absolute atomic E-state index is 14.1. The van der Waals surface area contributed by atoms with Gasteiger partial charge in [-0.05, 0) is 31.9 Å². The van der Waals surface area contributed by atoms with Crippen LogP contribution in [0, 0.1) is 0 Å². The van der Waals surface area contributed by atoms with E-state index < -0.39 is 5.54 Å². The molecule has 0 bridgehead atoms. The van der Waals surface area contributed by atoms with Crippen LogP contribution in [0.4, 0.5) is 5.69 Å². The number of nitrogens with one attached hydrogen (secondary N) is 1. The third-order valence-corrected chi connectivity index (χ3v) is 7.47. The number of hydrogen-bond donors (Lipinski definition) is 1. The Morgan fingerprint density at radius 2 is 1.63 bits per heavy atom. The molecule has 0 saturated heterocycles. The molecule has 184 valence electrons. The molecule has 1 atom stereocenters. The first kappa shape index (κ1) is 23.3. The minimum absolute atomic E-state index is 0.126. The lowest BCUT2D eigenvalue weighted by Crippen LogP contribution is -2.65. The molecule has 3 aromatic rings. The van der Waals surface area contributed by atoms with Crippen LogP contribution in [-0.4, -0.2) is 42.2 Å². The Hall–Kier alpha value is -3.48. The summed E-state index contributed by atoms with van der Waals surface area (Å²) in [5, 5.41) is 4.29. The van der Waals surface area contributed by atoms with Crippen LogP contribution >= 0.6 is 0 Å². The highest BCUT2D eigenvalue weighted by atomic mass is 16.5. The first-order valence-corrected chi connectivity index (χ1v) is 12.4. The van der Waals surface area contributed by atoms with Gasteiger partial charge in [0.05, 0.1) is 26.5 Å². The van der Waals surface area contributed by atoms with E-state index in [1.807, 2.05) is 41.8 Å². The number of nitrogens with zero attached hydrogens (tertiary/aromatic N) is 2. The molecule has 2 heterocycles. The van der Waals surface area contributed by atoms with E-state index in [9.17, 15) is 9.59 Å². The molecule has 7 nitrogen and oxygen atoms in total. The average molecular weight is 476 g/mol. The monoisotopic (exact) mass is 475 g/mol. The van der Waals surface area contributed by atoms with Gasteiger partial charge in [-0.15, -0.1) is 0 Å². The van der Waals surface area contributed by atoms with Crippen LogP contribution in [0.3, 0.4) is 0 Å². The summed E-state index contributed by atoms with van der Waals surface area (Å²) in [7, 11) is 3.15. The third-order valence-electron chi connectivity index (χ3n) is 7.47. The van der Waals surface area contributed by atoms with Crippen molar-refractivity contribution in [2.24, 2.45) is 0 Å². The standard InChI is InChI=1S/C28H33N3O4/c1-28(27(33)29-20-11-6-4-5-7-12-20)18-30-24-13-9-8-10-19(24)14-25(30)26(32)31(28)21-15-22(34-2)17-23(16-21)35-3/h8-10,13-17,20H,4-7,11-12,18H2,1-3H3,(H,29,33)/t28-/m1/s1. The molecule has 1 saturated carbocycles. The number of aromatic nitrogens is 1. The molecule has 2 aromatic carbocycles. The second-order valence-electron chi connectivity index (χ2n) is 9.82. The number of hydrogen-bond acceptors (Lipinski definition) is 4. The van der Waals surface area contributed by atoms with Crippen LogP contribution in [0.1, 0.15) is 55.9 Å². The molecule has 35 heavy (non-hydrogen) atoms. The number of rotatable bonds is 5. The van der Waals surface area contributed by atoms with Crippen LogP contribution in [0.25, 0.3) is 10.9 Å². The van der Waals surface area contributed by atoms with Crippen LogP contribution in [0.2, 0.25) is 0 Å². The van der Waals surface area contributed by atoms with Crippen molar-refractivity contribution in [2.75, 3.05) is 19.1 Å². The molecule has 2 aliphatic rings. The number of anilines is 1. The number of benzene rings is 2. The molecule has 1 N–H and O–H groups in total. The second kappa shape index (κ2) is 9.29. The van der Waals surface area contributed by atoms with E-state index in [1.165, 1.54) is 12.8 Å². The fraction of sp³-hybridized carbons (Fsp3) is 0.429. The highest BCUT2D eigenvalue weighted by Gasteiger charge is 2.49. The predicted octanol–water partition coefficient (Wildman–Crippen LogP) is 4.92.